The van der Waals surface area contributed by atoms with Crippen LogP contribution in [0.5, 0.6) is 0 Å². The lowest BCUT2D eigenvalue weighted by molar-refractivity contribution is -0.136. The molecule has 0 spiro atoms. The number of aryl methyl sites for hydroxylation is 1. The Labute approximate surface area is 240 Å². The number of benzene rings is 3. The zero-order chi connectivity index (χ0) is 28.4. The highest BCUT2D eigenvalue weighted by Crippen LogP contribution is 2.36. The summed E-state index contributed by atoms with van der Waals surface area (Å²) in [5.74, 6) is -0.237. The van der Waals surface area contributed by atoms with Crippen molar-refractivity contribution in [3.8, 4) is 0 Å². The van der Waals surface area contributed by atoms with E-state index in [2.05, 4.69) is 5.32 Å². The summed E-state index contributed by atoms with van der Waals surface area (Å²) in [5.41, 5.74) is 0.571. The number of nitrogens with one attached hydrogen (secondary N) is 1. The van der Waals surface area contributed by atoms with Crippen molar-refractivity contribution in [3.05, 3.63) is 121 Å². The van der Waals surface area contributed by atoms with E-state index < -0.39 is 17.6 Å². The highest BCUT2D eigenvalue weighted by Gasteiger charge is 2.34. The van der Waals surface area contributed by atoms with E-state index in [1.165, 1.54) is 30.0 Å². The normalized spacial score (nSPS) is 11.6. The average Bonchev–Trinajstić information content (AvgIpc) is 3.26. The van der Waals surface area contributed by atoms with E-state index in [0.29, 0.717) is 26.3 Å². The van der Waals surface area contributed by atoms with Crippen molar-refractivity contribution >= 4 is 56.5 Å². The number of halogens is 4. The third-order valence-corrected chi connectivity index (χ3v) is 8.61. The molecule has 204 valence electrons. The molecular weight excluding hydrogens is 579 g/mol. The molecule has 2 heterocycles. The van der Waals surface area contributed by atoms with Crippen molar-refractivity contribution in [2.75, 3.05) is 5.32 Å². The van der Waals surface area contributed by atoms with Crippen LogP contribution in [0, 0.1) is 6.92 Å². The van der Waals surface area contributed by atoms with Gasteiger partial charge in [0, 0.05) is 10.8 Å². The van der Waals surface area contributed by atoms with Gasteiger partial charge in [0.25, 0.3) is 11.5 Å². The molecule has 0 fully saturated rings. The molecule has 0 aliphatic carbocycles. The van der Waals surface area contributed by atoms with Crippen molar-refractivity contribution in [3.63, 3.8) is 0 Å². The average molecular weight is 600 g/mol. The molecule has 0 unspecified atom stereocenters. The van der Waals surface area contributed by atoms with E-state index in [9.17, 15) is 22.8 Å². The molecular formula is C29H21ClF3N3O2S2. The fourth-order valence-electron chi connectivity index (χ4n) is 4.22. The Bertz CT molecular complexity index is 1770. The first kappa shape index (κ1) is 27.9. The molecule has 5 aromatic rings. The Morgan fingerprint density at radius 1 is 1.02 bits per heavy atom. The van der Waals surface area contributed by atoms with Gasteiger partial charge in [-0.2, -0.15) is 13.2 Å². The maximum Gasteiger partial charge on any atom is 0.418 e. The first-order valence-corrected chi connectivity index (χ1v) is 14.2. The summed E-state index contributed by atoms with van der Waals surface area (Å²) in [4.78, 5) is 32.2. The van der Waals surface area contributed by atoms with Gasteiger partial charge in [0.2, 0.25) is 0 Å². The molecule has 0 saturated carbocycles. The van der Waals surface area contributed by atoms with Gasteiger partial charge >= 0.3 is 6.18 Å². The number of para-hydroxylation sites is 1. The third-order valence-electron chi connectivity index (χ3n) is 6.14. The number of nitrogens with zero attached hydrogens (tertiary/aromatic N) is 2. The molecule has 0 atom stereocenters. The van der Waals surface area contributed by atoms with Crippen LogP contribution in [-0.2, 0) is 18.5 Å². The van der Waals surface area contributed by atoms with Crippen LogP contribution in [0.25, 0.3) is 10.2 Å². The van der Waals surface area contributed by atoms with Crippen LogP contribution in [0.15, 0.2) is 88.8 Å². The maximum absolute atomic E-state index is 13.8. The predicted molar refractivity (Wildman–Crippen MR) is 155 cm³/mol. The fraction of sp³-hybridized carbons (Fsp3) is 0.138. The molecule has 0 radical (unpaired) electrons. The summed E-state index contributed by atoms with van der Waals surface area (Å²) in [7, 11) is 0. The summed E-state index contributed by atoms with van der Waals surface area (Å²) in [6, 6.07) is 21.6. The summed E-state index contributed by atoms with van der Waals surface area (Å²) in [6.07, 6.45) is -4.64. The van der Waals surface area contributed by atoms with Crippen LogP contribution >= 0.6 is 34.7 Å². The van der Waals surface area contributed by atoms with E-state index in [4.69, 9.17) is 16.6 Å². The minimum Gasteiger partial charge on any atom is -0.321 e. The molecule has 0 saturated heterocycles. The highest BCUT2D eigenvalue weighted by molar-refractivity contribution is 7.98. The van der Waals surface area contributed by atoms with Gasteiger partial charge < -0.3 is 5.32 Å². The maximum atomic E-state index is 13.8. The number of hydrogen-bond acceptors (Lipinski definition) is 5. The van der Waals surface area contributed by atoms with E-state index in [0.717, 1.165) is 28.5 Å². The number of amides is 1. The van der Waals surface area contributed by atoms with Crippen molar-refractivity contribution in [1.82, 2.24) is 9.55 Å². The van der Waals surface area contributed by atoms with Gasteiger partial charge in [-0.15, -0.1) is 11.3 Å². The number of thioether (sulfide) groups is 1. The van der Waals surface area contributed by atoms with Gasteiger partial charge in [-0.1, -0.05) is 78.0 Å². The first-order valence-electron chi connectivity index (χ1n) is 12.0. The van der Waals surface area contributed by atoms with E-state index in [-0.39, 0.29) is 28.1 Å². The zero-order valence-corrected chi connectivity index (χ0v) is 23.3. The molecule has 0 aliphatic rings. The van der Waals surface area contributed by atoms with Crippen molar-refractivity contribution in [2.24, 2.45) is 0 Å². The number of thiophene rings is 1. The summed E-state index contributed by atoms with van der Waals surface area (Å²) in [5, 5.41) is 3.69. The molecule has 11 heteroatoms. The van der Waals surface area contributed by atoms with Crippen molar-refractivity contribution < 1.29 is 18.0 Å². The summed E-state index contributed by atoms with van der Waals surface area (Å²) >= 11 is 8.47. The molecule has 5 nitrogen and oxygen atoms in total. The van der Waals surface area contributed by atoms with E-state index in [1.807, 2.05) is 48.5 Å². The van der Waals surface area contributed by atoms with E-state index in [1.54, 1.807) is 17.6 Å². The Hall–Kier alpha value is -3.60. The second kappa shape index (κ2) is 11.5. The minimum atomic E-state index is -4.64. The second-order valence-corrected chi connectivity index (χ2v) is 11.3. The van der Waals surface area contributed by atoms with Crippen LogP contribution in [0.2, 0.25) is 5.02 Å². The number of fused-ring (bicyclic) bond motifs is 1. The Kier molecular flexibility index (Phi) is 8.02. The van der Waals surface area contributed by atoms with Crippen LogP contribution in [-0.4, -0.2) is 15.5 Å². The molecule has 3 aromatic carbocycles. The number of carbonyl (C=O) groups excluding carboxylic acids is 1. The molecule has 1 amide bonds. The zero-order valence-electron chi connectivity index (χ0n) is 21.0. The van der Waals surface area contributed by atoms with Gasteiger partial charge in [0.1, 0.15) is 4.83 Å². The van der Waals surface area contributed by atoms with Gasteiger partial charge in [0.15, 0.2) is 5.16 Å². The Balaban J connectivity index is 1.56. The molecule has 40 heavy (non-hydrogen) atoms. The standard InChI is InChI=1S/C29H21ClF3N3O2S2/c1-17-23-26(40-24(17)25(37)34-22-13-6-5-12-21(22)29(31,32)33)35-28(39-16-19-10-7-11-20(30)14-19)36(27(23)38)15-18-8-3-2-4-9-18/h2-14H,15-16H2,1H3,(H,34,37). The largest absolute Gasteiger partial charge is 0.418 e. The SMILES string of the molecule is Cc1c(C(=O)Nc2ccccc2C(F)(F)F)sc2nc(SCc3cccc(Cl)c3)n(Cc3ccccc3)c(=O)c12. The lowest BCUT2D eigenvalue weighted by atomic mass is 10.1. The lowest BCUT2D eigenvalue weighted by Gasteiger charge is -2.13. The van der Waals surface area contributed by atoms with Crippen LogP contribution in [0.1, 0.15) is 31.9 Å². The second-order valence-electron chi connectivity index (χ2n) is 8.92. The van der Waals surface area contributed by atoms with Crippen LogP contribution in [0.3, 0.4) is 0 Å². The first-order chi connectivity index (χ1) is 19.1. The smallest absolute Gasteiger partial charge is 0.321 e. The molecule has 0 bridgehead atoms. The van der Waals surface area contributed by atoms with Crippen molar-refractivity contribution in [1.29, 1.82) is 0 Å². The molecule has 1 N–H and O–H groups in total. The quantitative estimate of drug-likeness (QED) is 0.152. The predicted octanol–water partition coefficient (Wildman–Crippen LogP) is 8.03. The van der Waals surface area contributed by atoms with Gasteiger partial charge in [-0.25, -0.2) is 4.98 Å². The highest BCUT2D eigenvalue weighted by atomic mass is 35.5. The monoisotopic (exact) mass is 599 g/mol. The van der Waals surface area contributed by atoms with Crippen LogP contribution in [0.4, 0.5) is 18.9 Å². The molecule has 0 aliphatic heterocycles. The topological polar surface area (TPSA) is 64.0 Å². The van der Waals surface area contributed by atoms with Crippen molar-refractivity contribution in [2.45, 2.75) is 30.6 Å². The van der Waals surface area contributed by atoms with Gasteiger partial charge in [0.05, 0.1) is 28.1 Å². The third kappa shape index (κ3) is 5.94. The number of alkyl halides is 3. The van der Waals surface area contributed by atoms with Crippen LogP contribution < -0.4 is 10.9 Å². The van der Waals surface area contributed by atoms with Gasteiger partial charge in [-0.3, -0.25) is 14.2 Å². The Morgan fingerprint density at radius 3 is 2.45 bits per heavy atom. The fourth-order valence-corrected chi connectivity index (χ4v) is 6.50. The number of carbonyl (C=O) groups is 1. The molecule has 5 rings (SSSR count). The summed E-state index contributed by atoms with van der Waals surface area (Å²) in [6.45, 7) is 1.87. The number of aromatic nitrogens is 2. The Morgan fingerprint density at radius 2 is 1.73 bits per heavy atom. The number of rotatable bonds is 7. The summed E-state index contributed by atoms with van der Waals surface area (Å²) < 4.78 is 42.0. The van der Waals surface area contributed by atoms with Gasteiger partial charge in [-0.05, 0) is 47.9 Å². The minimum absolute atomic E-state index is 0.125. The lowest BCUT2D eigenvalue weighted by Crippen LogP contribution is -2.24. The molecule has 2 aromatic heterocycles. The van der Waals surface area contributed by atoms with E-state index >= 15 is 0 Å². The number of anilines is 1. The number of hydrogen-bond donors (Lipinski definition) is 1.